The molecule has 17 heavy (non-hydrogen) atoms. The lowest BCUT2D eigenvalue weighted by molar-refractivity contribution is -0.617. The molecule has 0 saturated carbocycles. The van der Waals surface area contributed by atoms with Gasteiger partial charge in [0, 0.05) is 7.05 Å². The molecule has 1 aromatic carbocycles. The fraction of sp³-hybridized carbons (Fsp3) is 0.333. The van der Waals surface area contributed by atoms with E-state index in [1.807, 2.05) is 55.2 Å². The van der Waals surface area contributed by atoms with E-state index in [9.17, 15) is 4.89 Å². The van der Waals surface area contributed by atoms with Gasteiger partial charge in [0.05, 0.1) is 20.1 Å². The SMILES string of the molecule is C[NH2+]C/C=C\CN(C)[PH+](O)Oc1ccccc1. The van der Waals surface area contributed by atoms with Gasteiger partial charge < -0.3 is 9.84 Å². The zero-order chi connectivity index (χ0) is 12.5. The smallest absolute Gasteiger partial charge is 0.345 e. The molecule has 0 saturated heterocycles. The first-order valence-electron chi connectivity index (χ1n) is 5.67. The molecule has 0 bridgehead atoms. The maximum atomic E-state index is 9.89. The molecule has 0 amide bonds. The largest absolute Gasteiger partial charge is 0.380 e. The average Bonchev–Trinajstić information content (AvgIpc) is 2.35. The maximum Gasteiger partial charge on any atom is 0.380 e. The summed E-state index contributed by atoms with van der Waals surface area (Å²) in [6.07, 6.45) is 4.11. The van der Waals surface area contributed by atoms with E-state index in [0.29, 0.717) is 12.3 Å². The van der Waals surface area contributed by atoms with Gasteiger partial charge >= 0.3 is 8.53 Å². The van der Waals surface area contributed by atoms with Gasteiger partial charge in [0.2, 0.25) is 0 Å². The Morgan fingerprint density at radius 1 is 1.35 bits per heavy atom. The van der Waals surface area contributed by atoms with E-state index in [1.165, 1.54) is 0 Å². The van der Waals surface area contributed by atoms with Crippen LogP contribution in [0, 0.1) is 0 Å². The Bertz CT molecular complexity index is 333. The topological polar surface area (TPSA) is 49.3 Å². The van der Waals surface area contributed by atoms with Crippen LogP contribution in [-0.4, -0.2) is 36.7 Å². The first kappa shape index (κ1) is 14.1. The molecule has 1 unspecified atom stereocenters. The summed E-state index contributed by atoms with van der Waals surface area (Å²) in [5.41, 5.74) is 0. The van der Waals surface area contributed by atoms with E-state index in [2.05, 4.69) is 11.4 Å². The predicted molar refractivity (Wildman–Crippen MR) is 72.1 cm³/mol. The summed E-state index contributed by atoms with van der Waals surface area (Å²) < 4.78 is 7.30. The van der Waals surface area contributed by atoms with Crippen LogP contribution in [0.25, 0.3) is 0 Å². The Balaban J connectivity index is 2.34. The van der Waals surface area contributed by atoms with Gasteiger partial charge in [-0.25, -0.2) is 0 Å². The highest BCUT2D eigenvalue weighted by Crippen LogP contribution is 2.36. The van der Waals surface area contributed by atoms with Crippen LogP contribution in [0.5, 0.6) is 5.75 Å². The van der Waals surface area contributed by atoms with Gasteiger partial charge in [-0.15, -0.1) is 4.67 Å². The van der Waals surface area contributed by atoms with Crippen molar-refractivity contribution >= 4 is 8.53 Å². The first-order chi connectivity index (χ1) is 8.24. The summed E-state index contributed by atoms with van der Waals surface area (Å²) in [5, 5.41) is 2.09. The summed E-state index contributed by atoms with van der Waals surface area (Å²) in [6, 6.07) is 9.39. The van der Waals surface area contributed by atoms with Gasteiger partial charge in [0.15, 0.2) is 5.75 Å². The molecule has 0 fully saturated rings. The molecule has 0 aliphatic carbocycles. The molecule has 1 aromatic rings. The second-order valence-electron chi connectivity index (χ2n) is 3.69. The van der Waals surface area contributed by atoms with E-state index in [0.717, 1.165) is 6.54 Å². The van der Waals surface area contributed by atoms with Crippen LogP contribution in [0.4, 0.5) is 0 Å². The van der Waals surface area contributed by atoms with E-state index in [1.54, 1.807) is 0 Å². The predicted octanol–water partition coefficient (Wildman–Crippen LogP) is 0.698. The third-order valence-electron chi connectivity index (χ3n) is 2.20. The number of hydrogen-bond acceptors (Lipinski definition) is 3. The van der Waals surface area contributed by atoms with E-state index in [4.69, 9.17) is 4.52 Å². The number of para-hydroxylation sites is 1. The minimum atomic E-state index is -1.93. The van der Waals surface area contributed by atoms with Gasteiger partial charge in [0.1, 0.15) is 0 Å². The fourth-order valence-corrected chi connectivity index (χ4v) is 1.98. The Morgan fingerprint density at radius 3 is 2.71 bits per heavy atom. The molecule has 0 spiro atoms. The molecule has 1 atom stereocenters. The molecule has 94 valence electrons. The van der Waals surface area contributed by atoms with Crippen molar-refractivity contribution < 1.29 is 14.7 Å². The minimum Gasteiger partial charge on any atom is -0.345 e. The number of quaternary nitrogens is 1. The van der Waals surface area contributed by atoms with Crippen LogP contribution >= 0.6 is 8.53 Å². The van der Waals surface area contributed by atoms with Crippen molar-refractivity contribution in [1.29, 1.82) is 0 Å². The van der Waals surface area contributed by atoms with Gasteiger partial charge in [0.25, 0.3) is 0 Å². The summed E-state index contributed by atoms with van der Waals surface area (Å²) in [4.78, 5) is 9.89. The molecule has 1 rings (SSSR count). The average molecular weight is 256 g/mol. The number of benzene rings is 1. The van der Waals surface area contributed by atoms with Crippen molar-refractivity contribution in [2.24, 2.45) is 0 Å². The molecule has 0 radical (unpaired) electrons. The molecular formula is C12H21N2O2P+2. The maximum absolute atomic E-state index is 9.89. The molecule has 4 nitrogen and oxygen atoms in total. The number of likely N-dealkylation sites (N-methyl/N-ethyl adjacent to an activating group) is 2. The Morgan fingerprint density at radius 2 is 2.06 bits per heavy atom. The van der Waals surface area contributed by atoms with Crippen molar-refractivity contribution in [3.05, 3.63) is 42.5 Å². The molecular weight excluding hydrogens is 235 g/mol. The standard InChI is InChI=1S/C12H19N2O2P/c1-13-10-6-7-11-14(2)17(15)16-12-8-4-3-5-9-12/h3-9,13,15H,10-11H2,1-2H3/p+2/b7-6-. The lowest BCUT2D eigenvalue weighted by Crippen LogP contribution is -2.79. The van der Waals surface area contributed by atoms with E-state index < -0.39 is 8.53 Å². The first-order valence-corrected chi connectivity index (χ1v) is 6.97. The van der Waals surface area contributed by atoms with Crippen LogP contribution in [-0.2, 0) is 0 Å². The van der Waals surface area contributed by atoms with Crippen LogP contribution in [0.3, 0.4) is 0 Å². The number of rotatable bonds is 7. The zero-order valence-corrected chi connectivity index (χ0v) is 11.3. The number of nitrogens with zero attached hydrogens (tertiary/aromatic N) is 1. The molecule has 5 heteroatoms. The normalized spacial score (nSPS) is 13.2. The molecule has 3 N–H and O–H groups in total. The minimum absolute atomic E-state index is 0.700. The van der Waals surface area contributed by atoms with Crippen molar-refractivity contribution in [3.63, 3.8) is 0 Å². The number of hydrogen-bond donors (Lipinski definition) is 2. The fourth-order valence-electron chi connectivity index (χ4n) is 1.21. The van der Waals surface area contributed by atoms with Crippen LogP contribution in [0.2, 0.25) is 0 Å². The van der Waals surface area contributed by atoms with Gasteiger partial charge in [-0.3, -0.25) is 0 Å². The Labute approximate surface area is 104 Å². The second-order valence-corrected chi connectivity index (χ2v) is 5.23. The molecule has 0 aliphatic heterocycles. The summed E-state index contributed by atoms with van der Waals surface area (Å²) in [6.45, 7) is 1.66. The van der Waals surface area contributed by atoms with Crippen molar-refractivity contribution in [2.45, 2.75) is 0 Å². The highest BCUT2D eigenvalue weighted by atomic mass is 31.2. The third-order valence-corrected chi connectivity index (χ3v) is 3.45. The summed E-state index contributed by atoms with van der Waals surface area (Å²) in [7, 11) is 1.95. The lowest BCUT2D eigenvalue weighted by Gasteiger charge is -2.12. The Kier molecular flexibility index (Phi) is 6.82. The van der Waals surface area contributed by atoms with Gasteiger partial charge in [-0.05, 0) is 18.2 Å². The van der Waals surface area contributed by atoms with Crippen LogP contribution < -0.4 is 9.84 Å². The highest BCUT2D eigenvalue weighted by Gasteiger charge is 2.20. The molecule has 0 aliphatic rings. The highest BCUT2D eigenvalue weighted by molar-refractivity contribution is 7.43. The zero-order valence-electron chi connectivity index (χ0n) is 10.3. The van der Waals surface area contributed by atoms with Crippen LogP contribution in [0.1, 0.15) is 0 Å². The van der Waals surface area contributed by atoms with Crippen molar-refractivity contribution in [2.75, 3.05) is 27.2 Å². The second kappa shape index (κ2) is 8.20. The van der Waals surface area contributed by atoms with Crippen molar-refractivity contribution in [3.8, 4) is 5.75 Å². The Hall–Kier alpha value is -0.930. The van der Waals surface area contributed by atoms with Gasteiger partial charge in [-0.2, -0.15) is 4.89 Å². The summed E-state index contributed by atoms with van der Waals surface area (Å²) >= 11 is 0. The van der Waals surface area contributed by atoms with Gasteiger partial charge in [-0.1, -0.05) is 24.3 Å². The van der Waals surface area contributed by atoms with Crippen molar-refractivity contribution in [1.82, 2.24) is 4.67 Å². The molecule has 0 heterocycles. The van der Waals surface area contributed by atoms with E-state index >= 15 is 0 Å². The number of nitrogens with two attached hydrogens (primary N) is 1. The quantitative estimate of drug-likeness (QED) is 0.557. The lowest BCUT2D eigenvalue weighted by atomic mass is 10.3. The van der Waals surface area contributed by atoms with Crippen LogP contribution in [0.15, 0.2) is 42.5 Å². The molecule has 0 aromatic heterocycles. The van der Waals surface area contributed by atoms with E-state index in [-0.39, 0.29) is 0 Å². The summed E-state index contributed by atoms with van der Waals surface area (Å²) in [5.74, 6) is 0.710. The monoisotopic (exact) mass is 256 g/mol. The third kappa shape index (κ3) is 5.80.